The highest BCUT2D eigenvalue weighted by atomic mass is 16.4. The van der Waals surface area contributed by atoms with Crippen LogP contribution in [-0.4, -0.2) is 58.0 Å². The SMILES string of the molecule is [C-]#[N+]C1=C(C)/C(=C/C=Cc2ccc(N(CC(=O)O)CC(=O)O)cc2C)C(=O)N(C(N)=O)C1=O. The minimum atomic E-state index is -1.28. The number of primary amides is 1. The van der Waals surface area contributed by atoms with Crippen LogP contribution >= 0.6 is 0 Å². The lowest BCUT2D eigenvalue weighted by Gasteiger charge is -2.24. The molecule has 0 radical (unpaired) electrons. The van der Waals surface area contributed by atoms with Gasteiger partial charge in [0.05, 0.1) is 6.57 Å². The highest BCUT2D eigenvalue weighted by Gasteiger charge is 2.38. The fourth-order valence-electron chi connectivity index (χ4n) is 3.15. The quantitative estimate of drug-likeness (QED) is 0.319. The van der Waals surface area contributed by atoms with Crippen LogP contribution in [0, 0.1) is 13.5 Å². The first kappa shape index (κ1) is 24.5. The number of rotatable bonds is 7. The largest absolute Gasteiger partial charge is 0.480 e. The van der Waals surface area contributed by atoms with Crippen molar-refractivity contribution in [2.75, 3.05) is 18.0 Å². The molecule has 1 heterocycles. The number of aliphatic carboxylic acids is 2. The molecule has 0 unspecified atom stereocenters. The summed E-state index contributed by atoms with van der Waals surface area (Å²) >= 11 is 0. The Hall–Kier alpha value is -4.72. The summed E-state index contributed by atoms with van der Waals surface area (Å²) < 4.78 is 0. The van der Waals surface area contributed by atoms with Crippen molar-refractivity contribution in [2.45, 2.75) is 13.8 Å². The van der Waals surface area contributed by atoms with Crippen LogP contribution < -0.4 is 10.6 Å². The maximum absolute atomic E-state index is 12.5. The number of anilines is 1. The van der Waals surface area contributed by atoms with Gasteiger partial charge >= 0.3 is 18.0 Å². The third kappa shape index (κ3) is 5.50. The number of benzene rings is 1. The van der Waals surface area contributed by atoms with Crippen LogP contribution in [0.15, 0.2) is 47.2 Å². The number of amides is 4. The molecule has 1 aliphatic rings. The third-order valence-electron chi connectivity index (χ3n) is 4.74. The van der Waals surface area contributed by atoms with Gasteiger partial charge in [-0.2, -0.15) is 0 Å². The predicted octanol–water partition coefficient (Wildman–Crippen LogP) is 1.55. The van der Waals surface area contributed by atoms with E-state index in [-0.39, 0.29) is 21.7 Å². The van der Waals surface area contributed by atoms with Gasteiger partial charge in [0.1, 0.15) is 13.1 Å². The number of carboxylic acids is 2. The number of imide groups is 3. The Balaban J connectivity index is 2.38. The summed E-state index contributed by atoms with van der Waals surface area (Å²) in [7, 11) is 0. The standard InChI is InChI=1S/C22H20N4O7/c1-12-9-15(25(10-17(27)28)11-18(29)30)8-7-14(12)5-4-6-16-13(2)19(24-3)21(32)26(20(16)31)22(23)33/h4-9H,10-11H2,1-2H3,(H2,23,33)(H,27,28)(H,29,30)/b5-4?,16-6-. The molecule has 0 aromatic heterocycles. The number of carbonyl (C=O) groups is 5. The van der Waals surface area contributed by atoms with Gasteiger partial charge < -0.3 is 20.8 Å². The number of nitrogens with zero attached hydrogens (tertiary/aromatic N) is 3. The minimum absolute atomic E-state index is 0.0426. The van der Waals surface area contributed by atoms with Gasteiger partial charge in [-0.3, -0.25) is 19.2 Å². The monoisotopic (exact) mass is 452 g/mol. The van der Waals surface area contributed by atoms with E-state index in [1.165, 1.54) is 24.0 Å². The van der Waals surface area contributed by atoms with E-state index in [1.54, 1.807) is 31.2 Å². The zero-order chi connectivity index (χ0) is 24.9. The molecule has 33 heavy (non-hydrogen) atoms. The average molecular weight is 452 g/mol. The molecular formula is C22H20N4O7. The lowest BCUT2D eigenvalue weighted by molar-refractivity contribution is -0.138. The molecule has 1 aromatic rings. The van der Waals surface area contributed by atoms with Crippen LogP contribution in [0.4, 0.5) is 10.5 Å². The Morgan fingerprint density at radius 2 is 1.73 bits per heavy atom. The Morgan fingerprint density at radius 3 is 2.21 bits per heavy atom. The fourth-order valence-corrected chi connectivity index (χ4v) is 3.15. The maximum Gasteiger partial charge on any atom is 0.327 e. The number of carbonyl (C=O) groups excluding carboxylic acids is 3. The molecule has 0 fully saturated rings. The Bertz CT molecular complexity index is 1170. The van der Waals surface area contributed by atoms with Gasteiger partial charge in [-0.25, -0.2) is 14.5 Å². The molecule has 170 valence electrons. The van der Waals surface area contributed by atoms with Crippen molar-refractivity contribution in [1.82, 2.24) is 4.90 Å². The Kier molecular flexibility index (Phi) is 7.48. The smallest absolute Gasteiger partial charge is 0.327 e. The van der Waals surface area contributed by atoms with Crippen LogP contribution in [0.5, 0.6) is 0 Å². The number of hydrogen-bond donors (Lipinski definition) is 3. The topological polar surface area (TPSA) is 163 Å². The van der Waals surface area contributed by atoms with Gasteiger partial charge in [0.25, 0.3) is 17.5 Å². The van der Waals surface area contributed by atoms with Gasteiger partial charge in [0, 0.05) is 11.3 Å². The van der Waals surface area contributed by atoms with Crippen molar-refractivity contribution >= 4 is 41.5 Å². The van der Waals surface area contributed by atoms with E-state index < -0.39 is 42.9 Å². The van der Waals surface area contributed by atoms with E-state index in [2.05, 4.69) is 4.85 Å². The molecule has 4 amide bonds. The van der Waals surface area contributed by atoms with Gasteiger partial charge in [0.2, 0.25) is 0 Å². The van der Waals surface area contributed by atoms with Crippen LogP contribution in [0.1, 0.15) is 18.1 Å². The lowest BCUT2D eigenvalue weighted by atomic mass is 9.98. The highest BCUT2D eigenvalue weighted by Crippen LogP contribution is 2.26. The van der Waals surface area contributed by atoms with Crippen molar-refractivity contribution in [3.63, 3.8) is 0 Å². The second kappa shape index (κ2) is 10.1. The van der Waals surface area contributed by atoms with Crippen molar-refractivity contribution < 1.29 is 34.2 Å². The molecule has 1 aliphatic heterocycles. The predicted molar refractivity (Wildman–Crippen MR) is 117 cm³/mol. The molecule has 2 rings (SSSR count). The van der Waals surface area contributed by atoms with E-state index in [9.17, 15) is 24.0 Å². The number of allylic oxidation sites excluding steroid dienone is 2. The molecule has 0 saturated heterocycles. The van der Waals surface area contributed by atoms with Gasteiger partial charge in [0.15, 0.2) is 0 Å². The molecule has 1 aromatic carbocycles. The van der Waals surface area contributed by atoms with Crippen LogP contribution in [0.25, 0.3) is 10.9 Å². The minimum Gasteiger partial charge on any atom is -0.480 e. The first-order valence-electron chi connectivity index (χ1n) is 9.42. The summed E-state index contributed by atoms with van der Waals surface area (Å²) in [6, 6.07) is 3.55. The lowest BCUT2D eigenvalue weighted by Crippen LogP contribution is -2.48. The molecule has 11 heteroatoms. The molecule has 0 aliphatic carbocycles. The van der Waals surface area contributed by atoms with Crippen molar-refractivity contribution in [2.24, 2.45) is 5.73 Å². The van der Waals surface area contributed by atoms with E-state index in [1.807, 2.05) is 0 Å². The van der Waals surface area contributed by atoms with Crippen molar-refractivity contribution in [3.05, 3.63) is 69.7 Å². The van der Waals surface area contributed by atoms with Gasteiger partial charge in [-0.15, -0.1) is 0 Å². The van der Waals surface area contributed by atoms with E-state index in [0.717, 1.165) is 0 Å². The Morgan fingerprint density at radius 1 is 1.12 bits per heavy atom. The van der Waals surface area contributed by atoms with Gasteiger partial charge in [-0.05, 0) is 42.7 Å². The van der Waals surface area contributed by atoms with Crippen molar-refractivity contribution in [1.29, 1.82) is 0 Å². The summed E-state index contributed by atoms with van der Waals surface area (Å²) in [5, 5.41) is 18.0. The van der Waals surface area contributed by atoms with Crippen molar-refractivity contribution in [3.8, 4) is 0 Å². The molecule has 0 atom stereocenters. The summed E-state index contributed by atoms with van der Waals surface area (Å²) in [6.45, 7) is 9.33. The number of aryl methyl sites for hydroxylation is 1. The molecule has 0 saturated carbocycles. The first-order valence-corrected chi connectivity index (χ1v) is 9.42. The first-order chi connectivity index (χ1) is 15.5. The number of carboxylic acid groups (broad SMARTS) is 2. The van der Waals surface area contributed by atoms with Crippen LogP contribution in [-0.2, 0) is 19.2 Å². The summed E-state index contributed by atoms with van der Waals surface area (Å²) in [5.74, 6) is -4.35. The molecule has 0 bridgehead atoms. The normalized spacial score (nSPS) is 15.2. The summed E-state index contributed by atoms with van der Waals surface area (Å²) in [5.41, 5.74) is 6.58. The molecule has 0 spiro atoms. The molecule has 11 nitrogen and oxygen atoms in total. The number of urea groups is 1. The summed E-state index contributed by atoms with van der Waals surface area (Å²) in [4.78, 5) is 62.7. The highest BCUT2D eigenvalue weighted by molar-refractivity contribution is 6.25. The second-order valence-electron chi connectivity index (χ2n) is 6.99. The molecule has 4 N–H and O–H groups in total. The van der Waals surface area contributed by atoms with E-state index in [0.29, 0.717) is 16.8 Å². The Labute approximate surface area is 188 Å². The second-order valence-corrected chi connectivity index (χ2v) is 6.99. The van der Waals surface area contributed by atoms with Crippen LogP contribution in [0.2, 0.25) is 0 Å². The molecular weight excluding hydrogens is 432 g/mol. The summed E-state index contributed by atoms with van der Waals surface area (Å²) in [6.07, 6.45) is 4.45. The number of nitrogens with two attached hydrogens (primary N) is 1. The van der Waals surface area contributed by atoms with E-state index in [4.69, 9.17) is 22.5 Å². The zero-order valence-corrected chi connectivity index (χ0v) is 17.7. The third-order valence-corrected chi connectivity index (χ3v) is 4.74. The zero-order valence-electron chi connectivity index (χ0n) is 17.7. The van der Waals surface area contributed by atoms with Gasteiger partial charge in [-0.1, -0.05) is 24.3 Å². The average Bonchev–Trinajstić information content (AvgIpc) is 2.70. The number of hydrogen-bond acceptors (Lipinski definition) is 6. The fraction of sp³-hybridized carbons (Fsp3) is 0.182. The van der Waals surface area contributed by atoms with Crippen LogP contribution in [0.3, 0.4) is 0 Å². The van der Waals surface area contributed by atoms with E-state index >= 15 is 0 Å². The maximum atomic E-state index is 12.5.